The molecule has 0 aromatic rings. The number of hydrogen-bond acceptors (Lipinski definition) is 4. The Balaban J connectivity index is 2.09. The van der Waals surface area contributed by atoms with Gasteiger partial charge < -0.3 is 10.5 Å². The summed E-state index contributed by atoms with van der Waals surface area (Å²) in [5.41, 5.74) is 6.08. The average molecular weight is 254 g/mol. The lowest BCUT2D eigenvalue weighted by atomic mass is 9.95. The minimum Gasteiger partial charge on any atom is -0.465 e. The first-order valence-corrected chi connectivity index (χ1v) is 7.37. The van der Waals surface area contributed by atoms with Crippen molar-refractivity contribution in [3.05, 3.63) is 0 Å². The Hall–Kier alpha value is -0.610. The number of piperidine rings is 1. The molecule has 2 aliphatic rings. The van der Waals surface area contributed by atoms with Gasteiger partial charge in [-0.05, 0) is 39.0 Å². The van der Waals surface area contributed by atoms with Gasteiger partial charge in [0.05, 0.1) is 6.61 Å². The van der Waals surface area contributed by atoms with Gasteiger partial charge in [-0.1, -0.05) is 13.3 Å². The number of carbonyl (C=O) groups excluding carboxylic acids is 1. The third-order valence-corrected chi connectivity index (χ3v) is 4.31. The maximum atomic E-state index is 12.1. The van der Waals surface area contributed by atoms with Crippen LogP contribution in [0.2, 0.25) is 0 Å². The summed E-state index contributed by atoms with van der Waals surface area (Å²) < 4.78 is 5.25. The van der Waals surface area contributed by atoms with Gasteiger partial charge in [-0.15, -0.1) is 0 Å². The van der Waals surface area contributed by atoms with Crippen molar-refractivity contribution in [3.63, 3.8) is 0 Å². The summed E-state index contributed by atoms with van der Waals surface area (Å²) in [4.78, 5) is 14.6. The standard InChI is InChI=1S/C14H26N2O2/c1-3-5-13(14(17)18-4-2)16-11-6-7-12(16)9-10(15)8-11/h10-13H,3-9,15H2,1-2H3. The molecule has 2 bridgehead atoms. The van der Waals surface area contributed by atoms with Crippen molar-refractivity contribution in [2.24, 2.45) is 5.73 Å². The van der Waals surface area contributed by atoms with Gasteiger partial charge in [-0.25, -0.2) is 0 Å². The second-order valence-corrected chi connectivity index (χ2v) is 5.62. The van der Waals surface area contributed by atoms with Crippen molar-refractivity contribution in [3.8, 4) is 0 Å². The molecule has 104 valence electrons. The van der Waals surface area contributed by atoms with E-state index in [1.54, 1.807) is 0 Å². The van der Waals surface area contributed by atoms with E-state index in [2.05, 4.69) is 11.8 Å². The molecule has 0 amide bonds. The van der Waals surface area contributed by atoms with E-state index < -0.39 is 0 Å². The zero-order valence-corrected chi connectivity index (χ0v) is 11.6. The van der Waals surface area contributed by atoms with Gasteiger partial charge in [0.2, 0.25) is 0 Å². The third-order valence-electron chi connectivity index (χ3n) is 4.31. The summed E-state index contributed by atoms with van der Waals surface area (Å²) in [6.07, 6.45) is 6.38. The summed E-state index contributed by atoms with van der Waals surface area (Å²) in [6.45, 7) is 4.48. The monoisotopic (exact) mass is 254 g/mol. The Kier molecular flexibility index (Phi) is 4.62. The normalized spacial score (nSPS) is 33.4. The van der Waals surface area contributed by atoms with Crippen LogP contribution in [-0.4, -0.2) is 41.6 Å². The fourth-order valence-electron chi connectivity index (χ4n) is 3.66. The van der Waals surface area contributed by atoms with Crippen molar-refractivity contribution in [2.45, 2.75) is 76.5 Å². The van der Waals surface area contributed by atoms with Crippen LogP contribution >= 0.6 is 0 Å². The van der Waals surface area contributed by atoms with Gasteiger partial charge >= 0.3 is 5.97 Å². The fraction of sp³-hybridized carbons (Fsp3) is 0.929. The Bertz CT molecular complexity index is 282. The van der Waals surface area contributed by atoms with Gasteiger partial charge in [0.25, 0.3) is 0 Å². The van der Waals surface area contributed by atoms with Crippen LogP contribution in [0.3, 0.4) is 0 Å². The van der Waals surface area contributed by atoms with E-state index in [4.69, 9.17) is 10.5 Å². The highest BCUT2D eigenvalue weighted by atomic mass is 16.5. The molecule has 2 fully saturated rings. The number of nitrogens with zero attached hydrogens (tertiary/aromatic N) is 1. The topological polar surface area (TPSA) is 55.6 Å². The van der Waals surface area contributed by atoms with E-state index in [1.807, 2.05) is 6.92 Å². The maximum Gasteiger partial charge on any atom is 0.323 e. The van der Waals surface area contributed by atoms with Crippen LogP contribution in [0.25, 0.3) is 0 Å². The molecule has 2 aliphatic heterocycles. The second-order valence-electron chi connectivity index (χ2n) is 5.62. The van der Waals surface area contributed by atoms with Gasteiger partial charge in [-0.2, -0.15) is 0 Å². The lowest BCUT2D eigenvalue weighted by molar-refractivity contribution is -0.152. The molecule has 4 nitrogen and oxygen atoms in total. The molecule has 3 atom stereocenters. The van der Waals surface area contributed by atoms with E-state index >= 15 is 0 Å². The summed E-state index contributed by atoms with van der Waals surface area (Å²) in [7, 11) is 0. The van der Waals surface area contributed by atoms with Gasteiger partial charge in [0.15, 0.2) is 0 Å². The Morgan fingerprint density at radius 2 is 1.94 bits per heavy atom. The molecule has 0 radical (unpaired) electrons. The summed E-state index contributed by atoms with van der Waals surface area (Å²) in [5, 5.41) is 0. The highest BCUT2D eigenvalue weighted by Gasteiger charge is 2.45. The van der Waals surface area contributed by atoms with Crippen LogP contribution in [0, 0.1) is 0 Å². The van der Waals surface area contributed by atoms with Gasteiger partial charge in [0.1, 0.15) is 6.04 Å². The van der Waals surface area contributed by atoms with Crippen molar-refractivity contribution in [1.29, 1.82) is 0 Å². The molecular formula is C14H26N2O2. The summed E-state index contributed by atoms with van der Waals surface area (Å²) in [6, 6.07) is 1.28. The first kappa shape index (κ1) is 13.8. The van der Waals surface area contributed by atoms with E-state index in [0.717, 1.165) is 25.7 Å². The highest BCUT2D eigenvalue weighted by molar-refractivity contribution is 5.76. The molecule has 18 heavy (non-hydrogen) atoms. The SMILES string of the molecule is CCCC(C(=O)OCC)N1C2CCC1CC(N)C2. The van der Waals surface area contributed by atoms with Crippen LogP contribution in [0.4, 0.5) is 0 Å². The molecule has 4 heteroatoms. The molecule has 0 aliphatic carbocycles. The molecule has 0 aromatic carbocycles. The molecule has 0 spiro atoms. The fourth-order valence-corrected chi connectivity index (χ4v) is 3.66. The van der Waals surface area contributed by atoms with Crippen LogP contribution < -0.4 is 5.73 Å². The summed E-state index contributed by atoms with van der Waals surface area (Å²) in [5.74, 6) is -0.0354. The number of carbonyl (C=O) groups is 1. The molecule has 2 heterocycles. The number of nitrogens with two attached hydrogens (primary N) is 1. The highest BCUT2D eigenvalue weighted by Crippen LogP contribution is 2.37. The quantitative estimate of drug-likeness (QED) is 0.758. The number of ether oxygens (including phenoxy) is 1. The third kappa shape index (κ3) is 2.69. The van der Waals surface area contributed by atoms with Crippen molar-refractivity contribution in [2.75, 3.05) is 6.61 Å². The minimum absolute atomic E-state index is 0.0354. The zero-order chi connectivity index (χ0) is 13.1. The number of esters is 1. The lowest BCUT2D eigenvalue weighted by Gasteiger charge is -2.41. The largest absolute Gasteiger partial charge is 0.465 e. The Labute approximate surface area is 110 Å². The molecule has 3 unspecified atom stereocenters. The minimum atomic E-state index is -0.0417. The summed E-state index contributed by atoms with van der Waals surface area (Å²) >= 11 is 0. The maximum absolute atomic E-state index is 12.1. The molecule has 2 rings (SSSR count). The number of fused-ring (bicyclic) bond motifs is 2. The molecular weight excluding hydrogens is 228 g/mol. The van der Waals surface area contributed by atoms with Gasteiger partial charge in [0, 0.05) is 18.1 Å². The van der Waals surface area contributed by atoms with Crippen molar-refractivity contribution < 1.29 is 9.53 Å². The van der Waals surface area contributed by atoms with E-state index in [1.165, 1.54) is 12.8 Å². The predicted octanol–water partition coefficient (Wildman–Crippen LogP) is 1.67. The first-order valence-electron chi connectivity index (χ1n) is 7.37. The van der Waals surface area contributed by atoms with Crippen LogP contribution in [0.1, 0.15) is 52.4 Å². The molecule has 0 saturated carbocycles. The lowest BCUT2D eigenvalue weighted by Crippen LogP contribution is -2.54. The van der Waals surface area contributed by atoms with Gasteiger partial charge in [-0.3, -0.25) is 9.69 Å². The zero-order valence-electron chi connectivity index (χ0n) is 11.6. The second kappa shape index (κ2) is 6.02. The molecule has 2 N–H and O–H groups in total. The molecule has 0 aromatic heterocycles. The van der Waals surface area contributed by atoms with Crippen LogP contribution in [0.15, 0.2) is 0 Å². The van der Waals surface area contributed by atoms with Crippen molar-refractivity contribution in [1.82, 2.24) is 4.90 Å². The van der Waals surface area contributed by atoms with E-state index in [0.29, 0.717) is 24.7 Å². The van der Waals surface area contributed by atoms with E-state index in [9.17, 15) is 4.79 Å². The Morgan fingerprint density at radius 1 is 1.33 bits per heavy atom. The average Bonchev–Trinajstić information content (AvgIpc) is 2.58. The smallest absolute Gasteiger partial charge is 0.323 e. The van der Waals surface area contributed by atoms with Crippen molar-refractivity contribution >= 4 is 5.97 Å². The number of rotatable bonds is 5. The Morgan fingerprint density at radius 3 is 2.44 bits per heavy atom. The van der Waals surface area contributed by atoms with E-state index in [-0.39, 0.29) is 12.0 Å². The van der Waals surface area contributed by atoms with Crippen LogP contribution in [0.5, 0.6) is 0 Å². The number of hydrogen-bond donors (Lipinski definition) is 1. The predicted molar refractivity (Wildman–Crippen MR) is 71.2 cm³/mol. The molecule has 2 saturated heterocycles. The van der Waals surface area contributed by atoms with Crippen LogP contribution in [-0.2, 0) is 9.53 Å². The first-order chi connectivity index (χ1) is 8.67.